The predicted octanol–water partition coefficient (Wildman–Crippen LogP) is 4.12. The number of carbonyl (C=O) groups is 2. The molecule has 1 fully saturated rings. The quantitative estimate of drug-likeness (QED) is 0.756. The molecule has 2 aliphatic rings. The number of halogens is 2. The Morgan fingerprint density at radius 2 is 1.83 bits per heavy atom. The molecule has 0 aromatic heterocycles. The molecule has 2 heterocycles. The first-order valence-electron chi connectivity index (χ1n) is 10.2. The van der Waals surface area contributed by atoms with Crippen molar-refractivity contribution in [3.8, 4) is 5.75 Å². The Balaban J connectivity index is 1.52. The molecule has 2 aromatic carbocycles. The van der Waals surface area contributed by atoms with Crippen LogP contribution in [0.5, 0.6) is 5.75 Å². The predicted molar refractivity (Wildman–Crippen MR) is 109 cm³/mol. The van der Waals surface area contributed by atoms with Crippen LogP contribution in [0.4, 0.5) is 14.5 Å². The largest absolute Gasteiger partial charge is 0.434 e. The van der Waals surface area contributed by atoms with Crippen LogP contribution in [0.1, 0.15) is 35.7 Å². The number of amides is 2. The topological polar surface area (TPSA) is 49.9 Å². The van der Waals surface area contributed by atoms with Crippen molar-refractivity contribution < 1.29 is 23.1 Å². The fourth-order valence-corrected chi connectivity index (χ4v) is 4.47. The highest BCUT2D eigenvalue weighted by molar-refractivity contribution is 6.00. The zero-order chi connectivity index (χ0) is 21.3. The van der Waals surface area contributed by atoms with Crippen LogP contribution in [0.3, 0.4) is 0 Å². The standard InChI is InChI=1S/C23H24F2N2O3/c1-15-13-16-7-2-4-10-19(16)27(15)21(28)17-8-6-12-26(14-17)22(29)18-9-3-5-11-20(18)30-23(24)25/h2-5,7,9-11,15,17,23H,6,8,12-14H2,1H3. The first-order valence-corrected chi connectivity index (χ1v) is 10.2. The van der Waals surface area contributed by atoms with E-state index in [2.05, 4.69) is 4.74 Å². The first-order chi connectivity index (χ1) is 14.5. The first kappa shape index (κ1) is 20.3. The van der Waals surface area contributed by atoms with Gasteiger partial charge < -0.3 is 14.5 Å². The molecule has 0 bridgehead atoms. The van der Waals surface area contributed by atoms with Crippen molar-refractivity contribution in [3.63, 3.8) is 0 Å². The minimum Gasteiger partial charge on any atom is -0.434 e. The van der Waals surface area contributed by atoms with E-state index >= 15 is 0 Å². The molecule has 1 saturated heterocycles. The summed E-state index contributed by atoms with van der Waals surface area (Å²) in [5.74, 6) is -0.840. The summed E-state index contributed by atoms with van der Waals surface area (Å²) in [6.45, 7) is -0.225. The Labute approximate surface area is 174 Å². The van der Waals surface area contributed by atoms with Crippen LogP contribution in [0.2, 0.25) is 0 Å². The van der Waals surface area contributed by atoms with Crippen LogP contribution in [0, 0.1) is 5.92 Å². The smallest absolute Gasteiger partial charge is 0.387 e. The maximum Gasteiger partial charge on any atom is 0.387 e. The number of hydrogen-bond donors (Lipinski definition) is 0. The molecule has 0 radical (unpaired) electrons. The lowest BCUT2D eigenvalue weighted by molar-refractivity contribution is -0.124. The highest BCUT2D eigenvalue weighted by Gasteiger charge is 2.37. The second-order valence-corrected chi connectivity index (χ2v) is 7.86. The van der Waals surface area contributed by atoms with Gasteiger partial charge >= 0.3 is 6.61 Å². The fraction of sp³-hybridized carbons (Fsp3) is 0.391. The number of hydrogen-bond acceptors (Lipinski definition) is 3. The minimum atomic E-state index is -3.01. The molecule has 2 atom stereocenters. The summed E-state index contributed by atoms with van der Waals surface area (Å²) < 4.78 is 29.9. The highest BCUT2D eigenvalue weighted by Crippen LogP contribution is 2.34. The van der Waals surface area contributed by atoms with Gasteiger partial charge in [-0.2, -0.15) is 8.78 Å². The number of nitrogens with zero attached hydrogens (tertiary/aromatic N) is 2. The second-order valence-electron chi connectivity index (χ2n) is 7.86. The summed E-state index contributed by atoms with van der Waals surface area (Å²) in [7, 11) is 0. The molecule has 2 aromatic rings. The summed E-state index contributed by atoms with van der Waals surface area (Å²) in [4.78, 5) is 29.8. The van der Waals surface area contributed by atoms with Crippen LogP contribution in [-0.2, 0) is 11.2 Å². The minimum absolute atomic E-state index is 0.0158. The number of anilines is 1. The van der Waals surface area contributed by atoms with Gasteiger partial charge in [0, 0.05) is 24.8 Å². The van der Waals surface area contributed by atoms with Crippen LogP contribution >= 0.6 is 0 Å². The molecule has 0 saturated carbocycles. The van der Waals surface area contributed by atoms with Crippen LogP contribution in [0.15, 0.2) is 48.5 Å². The average Bonchev–Trinajstić information content (AvgIpc) is 3.08. The third kappa shape index (κ3) is 3.88. The van der Waals surface area contributed by atoms with E-state index in [1.807, 2.05) is 36.1 Å². The van der Waals surface area contributed by atoms with Gasteiger partial charge in [-0.25, -0.2) is 0 Å². The molecule has 0 N–H and O–H groups in total. The highest BCUT2D eigenvalue weighted by atomic mass is 19.3. The van der Waals surface area contributed by atoms with Crippen LogP contribution in [-0.4, -0.2) is 42.5 Å². The van der Waals surface area contributed by atoms with E-state index in [1.165, 1.54) is 12.1 Å². The Kier molecular flexibility index (Phi) is 5.70. The van der Waals surface area contributed by atoms with E-state index < -0.39 is 12.5 Å². The molecule has 2 amide bonds. The van der Waals surface area contributed by atoms with Gasteiger partial charge in [-0.3, -0.25) is 9.59 Å². The SMILES string of the molecule is CC1Cc2ccccc2N1C(=O)C1CCCN(C(=O)c2ccccc2OC(F)F)C1. The van der Waals surface area contributed by atoms with Crippen LogP contribution < -0.4 is 9.64 Å². The molecule has 30 heavy (non-hydrogen) atoms. The van der Waals surface area contributed by atoms with E-state index in [-0.39, 0.29) is 35.7 Å². The molecule has 2 aliphatic heterocycles. The van der Waals surface area contributed by atoms with Gasteiger partial charge in [0.1, 0.15) is 5.75 Å². The maximum atomic E-state index is 13.4. The van der Waals surface area contributed by atoms with Crippen molar-refractivity contribution in [3.05, 3.63) is 59.7 Å². The lowest BCUT2D eigenvalue weighted by Crippen LogP contribution is -2.48. The zero-order valence-corrected chi connectivity index (χ0v) is 16.8. The molecule has 158 valence electrons. The van der Waals surface area contributed by atoms with E-state index in [4.69, 9.17) is 0 Å². The lowest BCUT2D eigenvalue weighted by atomic mass is 9.95. The molecule has 0 aliphatic carbocycles. The Bertz CT molecular complexity index is 950. The van der Waals surface area contributed by atoms with Gasteiger partial charge in [-0.15, -0.1) is 0 Å². The maximum absolute atomic E-state index is 13.4. The molecular weight excluding hydrogens is 390 g/mol. The molecular formula is C23H24F2N2O3. The van der Waals surface area contributed by atoms with Gasteiger partial charge in [0.2, 0.25) is 5.91 Å². The molecule has 5 nitrogen and oxygen atoms in total. The van der Waals surface area contributed by atoms with Gasteiger partial charge in [0.05, 0.1) is 11.5 Å². The van der Waals surface area contributed by atoms with Crippen molar-refractivity contribution in [2.24, 2.45) is 5.92 Å². The van der Waals surface area contributed by atoms with Gasteiger partial charge in [0.15, 0.2) is 0 Å². The number of benzene rings is 2. The van der Waals surface area contributed by atoms with E-state index in [9.17, 15) is 18.4 Å². The Hall–Kier alpha value is -2.96. The van der Waals surface area contributed by atoms with E-state index in [1.54, 1.807) is 17.0 Å². The lowest BCUT2D eigenvalue weighted by Gasteiger charge is -2.35. The summed E-state index contributed by atoms with van der Waals surface area (Å²) in [5.41, 5.74) is 2.18. The molecule has 0 spiro atoms. The molecule has 7 heteroatoms. The van der Waals surface area contributed by atoms with Crippen molar-refractivity contribution in [2.45, 2.75) is 38.8 Å². The number of para-hydroxylation sites is 2. The second kappa shape index (κ2) is 8.42. The number of ether oxygens (including phenoxy) is 1. The zero-order valence-electron chi connectivity index (χ0n) is 16.8. The monoisotopic (exact) mass is 414 g/mol. The average molecular weight is 414 g/mol. The summed E-state index contributed by atoms with van der Waals surface area (Å²) >= 11 is 0. The summed E-state index contributed by atoms with van der Waals surface area (Å²) in [6, 6.07) is 14.0. The third-order valence-electron chi connectivity index (χ3n) is 5.84. The van der Waals surface area contributed by atoms with Crippen molar-refractivity contribution in [1.82, 2.24) is 4.90 Å². The van der Waals surface area contributed by atoms with E-state index in [0.717, 1.165) is 17.7 Å². The summed E-state index contributed by atoms with van der Waals surface area (Å²) in [5, 5.41) is 0. The Morgan fingerprint density at radius 1 is 1.10 bits per heavy atom. The number of piperidine rings is 1. The number of fused-ring (bicyclic) bond motifs is 1. The number of likely N-dealkylation sites (tertiary alicyclic amines) is 1. The van der Waals surface area contributed by atoms with Crippen molar-refractivity contribution >= 4 is 17.5 Å². The number of alkyl halides is 2. The van der Waals surface area contributed by atoms with E-state index in [0.29, 0.717) is 19.4 Å². The van der Waals surface area contributed by atoms with Gasteiger partial charge in [0.25, 0.3) is 5.91 Å². The number of carbonyl (C=O) groups excluding carboxylic acids is 2. The van der Waals surface area contributed by atoms with Crippen molar-refractivity contribution in [2.75, 3.05) is 18.0 Å². The molecule has 2 unspecified atom stereocenters. The fourth-order valence-electron chi connectivity index (χ4n) is 4.47. The van der Waals surface area contributed by atoms with Crippen molar-refractivity contribution in [1.29, 1.82) is 0 Å². The van der Waals surface area contributed by atoms with Gasteiger partial charge in [-0.05, 0) is 49.9 Å². The van der Waals surface area contributed by atoms with Crippen LogP contribution in [0.25, 0.3) is 0 Å². The molecule has 4 rings (SSSR count). The third-order valence-corrected chi connectivity index (χ3v) is 5.84. The summed E-state index contributed by atoms with van der Waals surface area (Å²) in [6.07, 6.45) is 2.20. The Morgan fingerprint density at radius 3 is 2.63 bits per heavy atom. The normalized spacial score (nSPS) is 20.9. The number of rotatable bonds is 4. The van der Waals surface area contributed by atoms with Gasteiger partial charge in [-0.1, -0.05) is 30.3 Å².